The highest BCUT2D eigenvalue weighted by molar-refractivity contribution is 7.98. The molecule has 0 radical (unpaired) electrons. The molecule has 0 amide bonds. The summed E-state index contributed by atoms with van der Waals surface area (Å²) in [7, 11) is 1.64. The van der Waals surface area contributed by atoms with Crippen molar-refractivity contribution in [3.05, 3.63) is 69.7 Å². The molecule has 0 aliphatic heterocycles. The van der Waals surface area contributed by atoms with Crippen LogP contribution in [0.3, 0.4) is 0 Å². The van der Waals surface area contributed by atoms with Gasteiger partial charge in [-0.15, -0.1) is 10.2 Å². The Morgan fingerprint density at radius 1 is 1.17 bits per heavy atom. The number of halogens is 3. The zero-order chi connectivity index (χ0) is 20.8. The zero-order valence-corrected chi connectivity index (χ0v) is 18.3. The molecule has 5 nitrogen and oxygen atoms in total. The van der Waals surface area contributed by atoms with Gasteiger partial charge in [-0.3, -0.25) is 4.57 Å². The highest BCUT2D eigenvalue weighted by Gasteiger charge is 2.19. The van der Waals surface area contributed by atoms with Gasteiger partial charge < -0.3 is 9.47 Å². The third kappa shape index (κ3) is 5.63. The number of para-hydroxylation sites is 1. The lowest BCUT2D eigenvalue weighted by molar-refractivity contribution is 0.154. The minimum atomic E-state index is -0.421. The van der Waals surface area contributed by atoms with E-state index in [-0.39, 0.29) is 18.4 Å². The monoisotopic (exact) mass is 455 g/mol. The van der Waals surface area contributed by atoms with Gasteiger partial charge >= 0.3 is 0 Å². The maximum Gasteiger partial charge on any atom is 0.191 e. The molecule has 0 saturated carbocycles. The molecule has 0 spiro atoms. The van der Waals surface area contributed by atoms with Gasteiger partial charge in [0.05, 0.1) is 12.6 Å². The molecule has 154 valence electrons. The van der Waals surface area contributed by atoms with Crippen LogP contribution < -0.4 is 4.74 Å². The molecule has 0 bridgehead atoms. The van der Waals surface area contributed by atoms with Gasteiger partial charge in [0.25, 0.3) is 0 Å². The molecular weight excluding hydrogens is 436 g/mol. The molecule has 0 N–H and O–H groups in total. The van der Waals surface area contributed by atoms with Crippen LogP contribution >= 0.6 is 35.0 Å². The number of aromatic nitrogens is 3. The van der Waals surface area contributed by atoms with E-state index in [2.05, 4.69) is 10.2 Å². The Balaban J connectivity index is 1.78. The van der Waals surface area contributed by atoms with Crippen molar-refractivity contribution in [3.8, 4) is 5.75 Å². The summed E-state index contributed by atoms with van der Waals surface area (Å²) in [5, 5.41) is 10.4. The van der Waals surface area contributed by atoms with E-state index in [9.17, 15) is 4.39 Å². The predicted molar refractivity (Wildman–Crippen MR) is 113 cm³/mol. The summed E-state index contributed by atoms with van der Waals surface area (Å²) in [5.41, 5.74) is 0.944. The number of rotatable bonds is 9. The van der Waals surface area contributed by atoms with Crippen LogP contribution in [0.2, 0.25) is 10.0 Å². The Labute approximate surface area is 183 Å². The van der Waals surface area contributed by atoms with Gasteiger partial charge in [-0.2, -0.15) is 0 Å². The first kappa shape index (κ1) is 21.9. The molecule has 29 heavy (non-hydrogen) atoms. The number of nitrogens with zero attached hydrogens (tertiary/aromatic N) is 3. The fourth-order valence-corrected chi connectivity index (χ4v) is 4.36. The Morgan fingerprint density at radius 2 is 1.97 bits per heavy atom. The van der Waals surface area contributed by atoms with Gasteiger partial charge in [0.15, 0.2) is 22.5 Å². The van der Waals surface area contributed by atoms with E-state index in [4.69, 9.17) is 32.7 Å². The number of hydrogen-bond acceptors (Lipinski definition) is 5. The van der Waals surface area contributed by atoms with E-state index in [1.165, 1.54) is 17.8 Å². The van der Waals surface area contributed by atoms with Gasteiger partial charge in [-0.25, -0.2) is 4.39 Å². The van der Waals surface area contributed by atoms with Crippen molar-refractivity contribution >= 4 is 35.0 Å². The van der Waals surface area contributed by atoms with Crippen molar-refractivity contribution in [2.24, 2.45) is 0 Å². The molecule has 0 saturated heterocycles. The molecule has 3 rings (SSSR count). The summed E-state index contributed by atoms with van der Waals surface area (Å²) >= 11 is 13.7. The highest BCUT2D eigenvalue weighted by atomic mass is 35.5. The van der Waals surface area contributed by atoms with Crippen LogP contribution in [0, 0.1) is 5.82 Å². The first-order valence-electron chi connectivity index (χ1n) is 8.86. The van der Waals surface area contributed by atoms with Crippen LogP contribution in [-0.4, -0.2) is 28.5 Å². The topological polar surface area (TPSA) is 49.2 Å². The molecule has 0 aliphatic carbocycles. The molecule has 2 aromatic carbocycles. The van der Waals surface area contributed by atoms with E-state index in [1.54, 1.807) is 37.4 Å². The van der Waals surface area contributed by atoms with Crippen LogP contribution in [-0.2, 0) is 17.1 Å². The number of hydrogen-bond donors (Lipinski definition) is 0. The molecular formula is C20H20Cl2FN3O2S. The Bertz CT molecular complexity index is 971. The summed E-state index contributed by atoms with van der Waals surface area (Å²) in [6.07, 6.45) is 0. The minimum Gasteiger partial charge on any atom is -0.483 e. The van der Waals surface area contributed by atoms with E-state index < -0.39 is 5.82 Å². The van der Waals surface area contributed by atoms with E-state index in [1.807, 2.05) is 17.6 Å². The largest absolute Gasteiger partial charge is 0.483 e. The molecule has 1 heterocycles. The van der Waals surface area contributed by atoms with Crippen molar-refractivity contribution in [1.82, 2.24) is 14.8 Å². The summed E-state index contributed by atoms with van der Waals surface area (Å²) in [5.74, 6) is 0.934. The van der Waals surface area contributed by atoms with Crippen LogP contribution in [0.1, 0.15) is 24.4 Å². The van der Waals surface area contributed by atoms with Crippen LogP contribution in [0.4, 0.5) is 4.39 Å². The lowest BCUT2D eigenvalue weighted by atomic mass is 10.2. The zero-order valence-electron chi connectivity index (χ0n) is 15.9. The van der Waals surface area contributed by atoms with Gasteiger partial charge in [0, 0.05) is 22.9 Å². The second-order valence-corrected chi connectivity index (χ2v) is 8.10. The van der Waals surface area contributed by atoms with Crippen molar-refractivity contribution in [2.75, 3.05) is 13.7 Å². The molecule has 1 aromatic heterocycles. The first-order valence-corrected chi connectivity index (χ1v) is 10.6. The van der Waals surface area contributed by atoms with Crippen molar-refractivity contribution < 1.29 is 13.9 Å². The van der Waals surface area contributed by atoms with Crippen molar-refractivity contribution in [2.45, 2.75) is 30.5 Å². The lowest BCUT2D eigenvalue weighted by Crippen LogP contribution is -2.16. The second-order valence-electron chi connectivity index (χ2n) is 6.32. The van der Waals surface area contributed by atoms with Crippen LogP contribution in [0.5, 0.6) is 5.75 Å². The summed E-state index contributed by atoms with van der Waals surface area (Å²) < 4.78 is 26.7. The minimum absolute atomic E-state index is 0.0302. The highest BCUT2D eigenvalue weighted by Crippen LogP contribution is 2.30. The summed E-state index contributed by atoms with van der Waals surface area (Å²) in [4.78, 5) is 0. The van der Waals surface area contributed by atoms with Gasteiger partial charge in [0.2, 0.25) is 0 Å². The maximum absolute atomic E-state index is 13.8. The number of ether oxygens (including phenoxy) is 2. The predicted octanol–water partition coefficient (Wildman–Crippen LogP) is 5.80. The molecule has 1 atom stereocenters. The van der Waals surface area contributed by atoms with Gasteiger partial charge in [-0.1, -0.05) is 53.2 Å². The molecule has 9 heteroatoms. The molecule has 0 unspecified atom stereocenters. The lowest BCUT2D eigenvalue weighted by Gasteiger charge is -2.17. The van der Waals surface area contributed by atoms with E-state index in [0.29, 0.717) is 33.4 Å². The smallest absolute Gasteiger partial charge is 0.191 e. The Hall–Kier alpha value is -1.80. The number of benzene rings is 2. The molecule has 3 aromatic rings. The Morgan fingerprint density at radius 3 is 2.69 bits per heavy atom. The standard InChI is InChI=1S/C20H20Cl2FN3O2S/c1-13(10-27-2)26-19(11-28-18-6-4-3-5-17(18)23)24-25-20(26)29-12-14-7-8-15(21)9-16(14)22/h3-9,13H,10-12H2,1-2H3/t13-/m1/s1. The SMILES string of the molecule is COC[C@@H](C)n1c(COc2ccccc2F)nnc1SCc1ccc(Cl)cc1Cl. The third-order valence-electron chi connectivity index (χ3n) is 4.15. The fraction of sp³-hybridized carbons (Fsp3) is 0.300. The van der Waals surface area contributed by atoms with Crippen LogP contribution in [0.15, 0.2) is 47.6 Å². The summed E-state index contributed by atoms with van der Waals surface area (Å²) in [6, 6.07) is 11.6. The van der Waals surface area contributed by atoms with Gasteiger partial charge in [0.1, 0.15) is 6.61 Å². The third-order valence-corrected chi connectivity index (χ3v) is 5.73. The normalized spacial score (nSPS) is 12.2. The van der Waals surface area contributed by atoms with Crippen molar-refractivity contribution in [3.63, 3.8) is 0 Å². The summed E-state index contributed by atoms with van der Waals surface area (Å²) in [6.45, 7) is 2.56. The first-order chi connectivity index (χ1) is 14.0. The van der Waals surface area contributed by atoms with Crippen molar-refractivity contribution in [1.29, 1.82) is 0 Å². The second kappa shape index (κ2) is 10.3. The average molecular weight is 456 g/mol. The van der Waals surface area contributed by atoms with Gasteiger partial charge in [-0.05, 0) is 36.8 Å². The number of thioether (sulfide) groups is 1. The average Bonchev–Trinajstić information content (AvgIpc) is 3.10. The quantitative estimate of drug-likeness (QED) is 0.381. The Kier molecular flexibility index (Phi) is 7.77. The molecule has 0 aliphatic rings. The fourth-order valence-electron chi connectivity index (χ4n) is 2.75. The van der Waals surface area contributed by atoms with E-state index in [0.717, 1.165) is 5.56 Å². The van der Waals surface area contributed by atoms with Crippen LogP contribution in [0.25, 0.3) is 0 Å². The van der Waals surface area contributed by atoms with E-state index >= 15 is 0 Å². The maximum atomic E-state index is 13.8. The number of methoxy groups -OCH3 is 1. The molecule has 0 fully saturated rings.